The van der Waals surface area contributed by atoms with Crippen molar-refractivity contribution in [1.29, 1.82) is 0 Å². The number of hydrogen-bond acceptors (Lipinski definition) is 3. The van der Waals surface area contributed by atoms with Gasteiger partial charge in [0, 0.05) is 25.2 Å². The number of hydrogen-bond donors (Lipinski definition) is 0. The largest absolute Gasteiger partial charge is 0.618 e. The molecule has 2 rings (SSSR count). The molecule has 1 heterocycles. The second-order valence-corrected chi connectivity index (χ2v) is 5.54. The Bertz CT molecular complexity index is 590. The molecule has 0 N–H and O–H groups in total. The lowest BCUT2D eigenvalue weighted by Crippen LogP contribution is -2.33. The van der Waals surface area contributed by atoms with Crippen LogP contribution in [0.3, 0.4) is 0 Å². The van der Waals surface area contributed by atoms with Gasteiger partial charge >= 0.3 is 0 Å². The molecule has 2 aromatic rings. The standard InChI is InChI=1S/C16H18N2O2S/c1-2-17(12-14-8-4-3-5-9-14)15(19)13-21-16-10-6-7-11-18(16)20/h3-11H,2,12-13H2,1H3. The molecule has 4 nitrogen and oxygen atoms in total. The van der Waals surface area contributed by atoms with E-state index in [1.165, 1.54) is 18.0 Å². The van der Waals surface area contributed by atoms with Gasteiger partial charge in [-0.3, -0.25) is 4.79 Å². The highest BCUT2D eigenvalue weighted by Crippen LogP contribution is 2.14. The molecular weight excluding hydrogens is 284 g/mol. The minimum absolute atomic E-state index is 0.0372. The van der Waals surface area contributed by atoms with E-state index in [2.05, 4.69) is 0 Å². The van der Waals surface area contributed by atoms with Gasteiger partial charge in [0.05, 0.1) is 5.75 Å². The Balaban J connectivity index is 1.93. The van der Waals surface area contributed by atoms with E-state index < -0.39 is 0 Å². The van der Waals surface area contributed by atoms with E-state index >= 15 is 0 Å². The van der Waals surface area contributed by atoms with Gasteiger partial charge < -0.3 is 10.1 Å². The third kappa shape index (κ3) is 4.49. The van der Waals surface area contributed by atoms with Gasteiger partial charge in [0.25, 0.3) is 5.03 Å². The van der Waals surface area contributed by atoms with E-state index in [1.54, 1.807) is 23.1 Å². The predicted molar refractivity (Wildman–Crippen MR) is 83.7 cm³/mol. The molecule has 110 valence electrons. The second-order valence-electron chi connectivity index (χ2n) is 4.55. The van der Waals surface area contributed by atoms with E-state index in [9.17, 15) is 10.0 Å². The summed E-state index contributed by atoms with van der Waals surface area (Å²) in [5.74, 6) is 0.308. The molecule has 1 aromatic carbocycles. The number of carbonyl (C=O) groups excluding carboxylic acids is 1. The first-order valence-electron chi connectivity index (χ1n) is 6.83. The van der Waals surface area contributed by atoms with Gasteiger partial charge in [-0.1, -0.05) is 30.3 Å². The Morgan fingerprint density at radius 1 is 1.19 bits per heavy atom. The van der Waals surface area contributed by atoms with Crippen LogP contribution >= 0.6 is 11.8 Å². The summed E-state index contributed by atoms with van der Waals surface area (Å²) < 4.78 is 0.783. The van der Waals surface area contributed by atoms with Crippen molar-refractivity contribution in [3.05, 3.63) is 65.5 Å². The fraction of sp³-hybridized carbons (Fsp3) is 0.250. The highest BCUT2D eigenvalue weighted by molar-refractivity contribution is 7.99. The Hall–Kier alpha value is -2.01. The average Bonchev–Trinajstić information content (AvgIpc) is 2.52. The molecule has 0 atom stereocenters. The zero-order valence-electron chi connectivity index (χ0n) is 11.9. The maximum atomic E-state index is 12.3. The van der Waals surface area contributed by atoms with Gasteiger partial charge in [-0.2, -0.15) is 4.73 Å². The summed E-state index contributed by atoms with van der Waals surface area (Å²) in [6.07, 6.45) is 1.44. The lowest BCUT2D eigenvalue weighted by Gasteiger charge is -2.20. The summed E-state index contributed by atoms with van der Waals surface area (Å²) in [5.41, 5.74) is 1.11. The monoisotopic (exact) mass is 302 g/mol. The zero-order valence-corrected chi connectivity index (χ0v) is 12.8. The minimum atomic E-state index is 0.0372. The molecule has 0 aliphatic carbocycles. The predicted octanol–water partition coefficient (Wildman–Crippen LogP) is 2.46. The topological polar surface area (TPSA) is 47.2 Å². The molecule has 21 heavy (non-hydrogen) atoms. The number of aromatic nitrogens is 1. The fourth-order valence-corrected chi connectivity index (χ4v) is 2.75. The molecule has 0 bridgehead atoms. The Morgan fingerprint density at radius 2 is 1.90 bits per heavy atom. The third-order valence-electron chi connectivity index (χ3n) is 3.08. The quantitative estimate of drug-likeness (QED) is 0.468. The van der Waals surface area contributed by atoms with Crippen LogP contribution in [-0.4, -0.2) is 23.1 Å². The van der Waals surface area contributed by atoms with Gasteiger partial charge in [0.1, 0.15) is 0 Å². The first-order chi connectivity index (χ1) is 10.2. The molecule has 0 radical (unpaired) electrons. The first-order valence-corrected chi connectivity index (χ1v) is 7.82. The van der Waals surface area contributed by atoms with Gasteiger partial charge in [-0.15, -0.1) is 0 Å². The first kappa shape index (κ1) is 15.4. The van der Waals surface area contributed by atoms with Crippen molar-refractivity contribution in [2.75, 3.05) is 12.3 Å². The van der Waals surface area contributed by atoms with E-state index in [-0.39, 0.29) is 11.7 Å². The zero-order chi connectivity index (χ0) is 15.1. The lowest BCUT2D eigenvalue weighted by molar-refractivity contribution is -0.645. The summed E-state index contributed by atoms with van der Waals surface area (Å²) in [6.45, 7) is 3.21. The number of rotatable bonds is 6. The number of nitrogens with zero attached hydrogens (tertiary/aromatic N) is 2. The van der Waals surface area contributed by atoms with Crippen molar-refractivity contribution in [2.24, 2.45) is 0 Å². The van der Waals surface area contributed by atoms with Crippen LogP contribution in [0.2, 0.25) is 0 Å². The van der Waals surface area contributed by atoms with Crippen LogP contribution in [0, 0.1) is 5.21 Å². The van der Waals surface area contributed by atoms with E-state index in [0.717, 1.165) is 10.3 Å². The van der Waals surface area contributed by atoms with Crippen LogP contribution in [0.15, 0.2) is 59.8 Å². The van der Waals surface area contributed by atoms with Crippen LogP contribution in [0.5, 0.6) is 0 Å². The third-order valence-corrected chi connectivity index (χ3v) is 4.09. The number of amides is 1. The van der Waals surface area contributed by atoms with Crippen molar-refractivity contribution in [3.8, 4) is 0 Å². The number of benzene rings is 1. The van der Waals surface area contributed by atoms with Gasteiger partial charge in [-0.05, 0) is 30.3 Å². The van der Waals surface area contributed by atoms with Crippen molar-refractivity contribution in [1.82, 2.24) is 4.90 Å². The molecular formula is C16H18N2O2S. The Kier molecular flexibility index (Phi) is 5.63. The number of pyridine rings is 1. The van der Waals surface area contributed by atoms with Crippen LogP contribution in [0.1, 0.15) is 12.5 Å². The molecule has 0 aliphatic heterocycles. The minimum Gasteiger partial charge on any atom is -0.618 e. The fourth-order valence-electron chi connectivity index (χ4n) is 1.93. The normalized spacial score (nSPS) is 10.3. The molecule has 0 saturated carbocycles. The maximum absolute atomic E-state index is 12.3. The summed E-state index contributed by atoms with van der Waals surface area (Å²) in [4.78, 5) is 14.0. The smallest absolute Gasteiger partial charge is 0.251 e. The molecule has 1 amide bonds. The van der Waals surface area contributed by atoms with Crippen molar-refractivity contribution >= 4 is 17.7 Å². The SMILES string of the molecule is CCN(Cc1ccccc1)C(=O)CSc1cccc[n+]1[O-]. The molecule has 1 aromatic heterocycles. The summed E-state index contributed by atoms with van der Waals surface area (Å²) in [6, 6.07) is 15.1. The van der Waals surface area contributed by atoms with Gasteiger partial charge in [0.15, 0.2) is 6.20 Å². The van der Waals surface area contributed by atoms with Gasteiger partial charge in [0.2, 0.25) is 5.91 Å². The highest BCUT2D eigenvalue weighted by Gasteiger charge is 2.15. The van der Waals surface area contributed by atoms with Crippen LogP contribution in [0.4, 0.5) is 0 Å². The van der Waals surface area contributed by atoms with Crippen molar-refractivity contribution in [3.63, 3.8) is 0 Å². The molecule has 5 heteroatoms. The Morgan fingerprint density at radius 3 is 2.57 bits per heavy atom. The van der Waals surface area contributed by atoms with E-state index in [4.69, 9.17) is 0 Å². The molecule has 0 unspecified atom stereocenters. The summed E-state index contributed by atoms with van der Waals surface area (Å²) in [5, 5.41) is 12.1. The number of carbonyl (C=O) groups is 1. The van der Waals surface area contributed by atoms with Crippen molar-refractivity contribution in [2.45, 2.75) is 18.5 Å². The molecule has 0 aliphatic rings. The molecule has 0 fully saturated rings. The summed E-state index contributed by atoms with van der Waals surface area (Å²) in [7, 11) is 0. The Labute approximate surface area is 129 Å². The summed E-state index contributed by atoms with van der Waals surface area (Å²) >= 11 is 1.27. The highest BCUT2D eigenvalue weighted by atomic mass is 32.2. The van der Waals surface area contributed by atoms with E-state index in [1.807, 2.05) is 37.3 Å². The van der Waals surface area contributed by atoms with Gasteiger partial charge in [-0.25, -0.2) is 0 Å². The van der Waals surface area contributed by atoms with Crippen LogP contribution in [0.25, 0.3) is 0 Å². The van der Waals surface area contributed by atoms with Crippen LogP contribution in [-0.2, 0) is 11.3 Å². The van der Waals surface area contributed by atoms with Crippen molar-refractivity contribution < 1.29 is 9.52 Å². The molecule has 0 spiro atoms. The van der Waals surface area contributed by atoms with E-state index in [0.29, 0.717) is 18.1 Å². The molecule has 0 saturated heterocycles. The average molecular weight is 302 g/mol. The second kappa shape index (κ2) is 7.69. The van der Waals surface area contributed by atoms with Crippen LogP contribution < -0.4 is 4.73 Å². The lowest BCUT2D eigenvalue weighted by atomic mass is 10.2. The number of thioether (sulfide) groups is 1. The maximum Gasteiger partial charge on any atom is 0.251 e.